The quantitative estimate of drug-likeness (QED) is 0.354. The summed E-state index contributed by atoms with van der Waals surface area (Å²) in [4.78, 5) is 10.7. The molecule has 0 saturated carbocycles. The lowest BCUT2D eigenvalue weighted by Gasteiger charge is -2.09. The van der Waals surface area contributed by atoms with Gasteiger partial charge in [-0.25, -0.2) is 4.79 Å². The molecule has 0 spiro atoms. The lowest BCUT2D eigenvalue weighted by molar-refractivity contribution is -0.138. The number of terminal acetylenes is 1. The summed E-state index contributed by atoms with van der Waals surface area (Å²) in [6, 6.07) is 0. The fourth-order valence-corrected chi connectivity index (χ4v) is 0.256. The van der Waals surface area contributed by atoms with Crippen LogP contribution in [-0.4, -0.2) is 10.3 Å². The SMILES string of the molecule is C#COC(=O)C(C)(C)Br. The number of carbonyl (C=O) groups excluding carboxylic acids is 1. The van der Waals surface area contributed by atoms with Crippen molar-refractivity contribution in [1.82, 2.24) is 0 Å². The highest BCUT2D eigenvalue weighted by Crippen LogP contribution is 2.16. The third-order valence-electron chi connectivity index (χ3n) is 0.637. The van der Waals surface area contributed by atoms with Crippen molar-refractivity contribution in [1.29, 1.82) is 0 Å². The summed E-state index contributed by atoms with van der Waals surface area (Å²) >= 11 is 3.07. The summed E-state index contributed by atoms with van der Waals surface area (Å²) < 4.78 is 3.57. The Bertz CT molecular complexity index is 149. The fourth-order valence-electron chi connectivity index (χ4n) is 0.175. The molecule has 0 aliphatic rings. The predicted octanol–water partition coefficient (Wildman–Crippen LogP) is 1.29. The van der Waals surface area contributed by atoms with Crippen LogP contribution in [0.4, 0.5) is 0 Å². The van der Waals surface area contributed by atoms with Gasteiger partial charge in [0.25, 0.3) is 0 Å². The van der Waals surface area contributed by atoms with Crippen molar-refractivity contribution in [3.8, 4) is 12.5 Å². The molecule has 0 atom stereocenters. The molecule has 0 heterocycles. The average molecular weight is 191 g/mol. The topological polar surface area (TPSA) is 26.3 Å². The zero-order valence-corrected chi connectivity index (χ0v) is 6.86. The summed E-state index contributed by atoms with van der Waals surface area (Å²) in [5.74, 6) is -0.454. The van der Waals surface area contributed by atoms with Crippen LogP contribution in [0.5, 0.6) is 0 Å². The van der Waals surface area contributed by atoms with E-state index in [-0.39, 0.29) is 0 Å². The molecule has 0 radical (unpaired) electrons. The van der Waals surface area contributed by atoms with E-state index in [0.717, 1.165) is 0 Å². The number of alkyl halides is 1. The summed E-state index contributed by atoms with van der Waals surface area (Å²) in [6.07, 6.45) is 6.51. The largest absolute Gasteiger partial charge is 0.371 e. The third kappa shape index (κ3) is 3.15. The molecule has 0 aliphatic carbocycles. The van der Waals surface area contributed by atoms with Crippen molar-refractivity contribution in [2.75, 3.05) is 0 Å². The highest BCUT2D eigenvalue weighted by atomic mass is 79.9. The van der Waals surface area contributed by atoms with Crippen molar-refractivity contribution in [3.05, 3.63) is 0 Å². The van der Waals surface area contributed by atoms with Crippen LogP contribution in [0.3, 0.4) is 0 Å². The maximum absolute atomic E-state index is 10.7. The lowest BCUT2D eigenvalue weighted by atomic mass is 10.2. The summed E-state index contributed by atoms with van der Waals surface area (Å²) in [5, 5.41) is 0. The molecule has 0 bridgehead atoms. The maximum Gasteiger partial charge on any atom is 0.336 e. The van der Waals surface area contributed by atoms with Crippen molar-refractivity contribution >= 4 is 21.9 Å². The Morgan fingerprint density at radius 3 is 2.33 bits per heavy atom. The van der Waals surface area contributed by atoms with Crippen molar-refractivity contribution in [2.45, 2.75) is 18.2 Å². The van der Waals surface area contributed by atoms with Gasteiger partial charge in [0.05, 0.1) is 0 Å². The summed E-state index contributed by atoms with van der Waals surface area (Å²) in [5.41, 5.74) is 0. The number of rotatable bonds is 1. The van der Waals surface area contributed by atoms with Gasteiger partial charge in [0.15, 0.2) is 0 Å². The molecule has 3 heteroatoms. The zero-order chi connectivity index (χ0) is 7.49. The highest BCUT2D eigenvalue weighted by molar-refractivity contribution is 9.10. The molecule has 0 aromatic heterocycles. The first-order valence-corrected chi connectivity index (χ1v) is 3.13. The highest BCUT2D eigenvalue weighted by Gasteiger charge is 2.24. The van der Waals surface area contributed by atoms with E-state index in [1.165, 1.54) is 0 Å². The Hall–Kier alpha value is -0.490. The number of hydrogen-bond donors (Lipinski definition) is 0. The van der Waals surface area contributed by atoms with E-state index in [2.05, 4.69) is 20.7 Å². The van der Waals surface area contributed by atoms with Gasteiger partial charge in [-0.15, -0.1) is 0 Å². The van der Waals surface area contributed by atoms with Crippen LogP contribution in [0, 0.1) is 12.5 Å². The zero-order valence-electron chi connectivity index (χ0n) is 5.27. The van der Waals surface area contributed by atoms with Gasteiger partial charge in [-0.2, -0.15) is 0 Å². The van der Waals surface area contributed by atoms with E-state index in [9.17, 15) is 4.79 Å². The van der Waals surface area contributed by atoms with Gasteiger partial charge in [0, 0.05) is 0 Å². The van der Waals surface area contributed by atoms with Crippen molar-refractivity contribution in [3.63, 3.8) is 0 Å². The van der Waals surface area contributed by atoms with Gasteiger partial charge >= 0.3 is 5.97 Å². The second kappa shape index (κ2) is 2.88. The van der Waals surface area contributed by atoms with Crippen LogP contribution in [0.2, 0.25) is 0 Å². The molecule has 0 unspecified atom stereocenters. The number of ether oxygens (including phenoxy) is 1. The number of halogens is 1. The number of carbonyl (C=O) groups is 1. The van der Waals surface area contributed by atoms with Gasteiger partial charge in [-0.1, -0.05) is 22.4 Å². The molecule has 0 saturated heterocycles. The molecule has 0 rings (SSSR count). The Kier molecular flexibility index (Phi) is 2.72. The summed E-state index contributed by atoms with van der Waals surface area (Å²) in [7, 11) is 0. The van der Waals surface area contributed by atoms with Crippen LogP contribution in [0.15, 0.2) is 0 Å². The molecule has 0 aliphatic heterocycles. The minimum absolute atomic E-state index is 0.454. The molecule has 0 N–H and O–H groups in total. The van der Waals surface area contributed by atoms with Gasteiger partial charge in [0.1, 0.15) is 10.4 Å². The number of esters is 1. The minimum atomic E-state index is -0.681. The van der Waals surface area contributed by atoms with Crippen molar-refractivity contribution < 1.29 is 9.53 Å². The Labute approximate surface area is 62.7 Å². The van der Waals surface area contributed by atoms with Gasteiger partial charge in [-0.05, 0) is 13.8 Å². The normalized spacial score (nSPS) is 10.0. The molecule has 9 heavy (non-hydrogen) atoms. The van der Waals surface area contributed by atoms with E-state index >= 15 is 0 Å². The van der Waals surface area contributed by atoms with E-state index in [4.69, 9.17) is 6.42 Å². The molecular formula is C6H7BrO2. The fraction of sp³-hybridized carbons (Fsp3) is 0.500. The molecule has 0 amide bonds. The van der Waals surface area contributed by atoms with E-state index in [1.807, 2.05) is 0 Å². The van der Waals surface area contributed by atoms with Crippen LogP contribution < -0.4 is 0 Å². The maximum atomic E-state index is 10.7. The van der Waals surface area contributed by atoms with Gasteiger partial charge in [-0.3, -0.25) is 0 Å². The van der Waals surface area contributed by atoms with E-state index in [0.29, 0.717) is 0 Å². The van der Waals surface area contributed by atoms with Crippen molar-refractivity contribution in [2.24, 2.45) is 0 Å². The van der Waals surface area contributed by atoms with Gasteiger partial charge in [0.2, 0.25) is 0 Å². The Balaban J connectivity index is 3.93. The molecule has 0 fully saturated rings. The third-order valence-corrected chi connectivity index (χ3v) is 0.961. The standard InChI is InChI=1S/C6H7BrO2/c1-4-9-5(8)6(2,3)7/h1H,2-3H3. The predicted molar refractivity (Wildman–Crippen MR) is 37.9 cm³/mol. The first-order chi connectivity index (χ1) is 3.98. The van der Waals surface area contributed by atoms with Crippen LogP contribution in [0.25, 0.3) is 0 Å². The second-order valence-electron chi connectivity index (χ2n) is 1.98. The van der Waals surface area contributed by atoms with E-state index < -0.39 is 10.3 Å². The van der Waals surface area contributed by atoms with Crippen LogP contribution >= 0.6 is 15.9 Å². The molecule has 50 valence electrons. The molecule has 0 aromatic rings. The van der Waals surface area contributed by atoms with E-state index in [1.54, 1.807) is 20.0 Å². The molecule has 2 nitrogen and oxygen atoms in total. The van der Waals surface area contributed by atoms with Crippen LogP contribution in [-0.2, 0) is 9.53 Å². The monoisotopic (exact) mass is 190 g/mol. The van der Waals surface area contributed by atoms with Gasteiger partial charge < -0.3 is 4.74 Å². The molecular weight excluding hydrogens is 184 g/mol. The average Bonchev–Trinajstić information content (AvgIpc) is 1.64. The minimum Gasteiger partial charge on any atom is -0.371 e. The smallest absolute Gasteiger partial charge is 0.336 e. The summed E-state index contributed by atoms with van der Waals surface area (Å²) in [6.45, 7) is 3.32. The first-order valence-electron chi connectivity index (χ1n) is 2.34. The number of hydrogen-bond acceptors (Lipinski definition) is 2. The first kappa shape index (κ1) is 8.51. The lowest BCUT2D eigenvalue weighted by Crippen LogP contribution is -2.24. The molecule has 0 aromatic carbocycles. The Morgan fingerprint density at radius 2 is 2.22 bits per heavy atom. The van der Waals surface area contributed by atoms with Crippen LogP contribution in [0.1, 0.15) is 13.8 Å². The Morgan fingerprint density at radius 1 is 1.78 bits per heavy atom. The second-order valence-corrected chi connectivity index (χ2v) is 3.96.